The number of nitrogens with one attached hydrogen (secondary N) is 1. The minimum atomic E-state index is 0.163. The lowest BCUT2D eigenvalue weighted by atomic mass is 9.86. The SMILES string of the molecule is CC(C)(C)c1cccc(CNC(=O)C2CC2)c1. The molecule has 0 radical (unpaired) electrons. The zero-order valence-electron chi connectivity index (χ0n) is 10.9. The van der Waals surface area contributed by atoms with Crippen LogP contribution in [0.2, 0.25) is 0 Å². The van der Waals surface area contributed by atoms with E-state index in [1.165, 1.54) is 11.1 Å². The van der Waals surface area contributed by atoms with Crippen molar-refractivity contribution >= 4 is 5.91 Å². The highest BCUT2D eigenvalue weighted by Crippen LogP contribution is 2.29. The molecule has 1 aliphatic carbocycles. The molecule has 0 unspecified atom stereocenters. The van der Waals surface area contributed by atoms with E-state index in [-0.39, 0.29) is 11.3 Å². The van der Waals surface area contributed by atoms with Crippen LogP contribution in [0, 0.1) is 5.92 Å². The maximum atomic E-state index is 11.5. The predicted octanol–water partition coefficient (Wildman–Crippen LogP) is 3.01. The van der Waals surface area contributed by atoms with Gasteiger partial charge in [-0.15, -0.1) is 0 Å². The minimum absolute atomic E-state index is 0.163. The molecule has 1 fully saturated rings. The molecule has 2 nitrogen and oxygen atoms in total. The van der Waals surface area contributed by atoms with Gasteiger partial charge >= 0.3 is 0 Å². The first kappa shape index (κ1) is 12.2. The zero-order chi connectivity index (χ0) is 12.5. The van der Waals surface area contributed by atoms with Crippen LogP contribution in [-0.4, -0.2) is 5.91 Å². The van der Waals surface area contributed by atoms with Crippen molar-refractivity contribution in [1.82, 2.24) is 5.32 Å². The molecular formula is C15H21NO. The second kappa shape index (κ2) is 4.52. The van der Waals surface area contributed by atoms with Crippen LogP contribution < -0.4 is 5.32 Å². The van der Waals surface area contributed by atoms with Crippen molar-refractivity contribution in [3.05, 3.63) is 35.4 Å². The van der Waals surface area contributed by atoms with Gasteiger partial charge in [0.2, 0.25) is 5.91 Å². The van der Waals surface area contributed by atoms with Gasteiger partial charge in [0.1, 0.15) is 0 Å². The van der Waals surface area contributed by atoms with Crippen LogP contribution in [0.15, 0.2) is 24.3 Å². The highest BCUT2D eigenvalue weighted by atomic mass is 16.2. The van der Waals surface area contributed by atoms with E-state index >= 15 is 0 Å². The van der Waals surface area contributed by atoms with Crippen molar-refractivity contribution in [2.24, 2.45) is 5.92 Å². The van der Waals surface area contributed by atoms with Gasteiger partial charge in [-0.05, 0) is 29.4 Å². The third kappa shape index (κ3) is 3.32. The largest absolute Gasteiger partial charge is 0.352 e. The molecule has 1 aromatic carbocycles. The van der Waals surface area contributed by atoms with Gasteiger partial charge in [-0.25, -0.2) is 0 Å². The Hall–Kier alpha value is -1.31. The summed E-state index contributed by atoms with van der Waals surface area (Å²) >= 11 is 0. The van der Waals surface area contributed by atoms with E-state index in [2.05, 4.69) is 50.4 Å². The van der Waals surface area contributed by atoms with E-state index in [1.54, 1.807) is 0 Å². The maximum Gasteiger partial charge on any atom is 0.223 e. The molecule has 2 heteroatoms. The molecular weight excluding hydrogens is 210 g/mol. The topological polar surface area (TPSA) is 29.1 Å². The smallest absolute Gasteiger partial charge is 0.223 e. The van der Waals surface area contributed by atoms with Crippen LogP contribution in [0.5, 0.6) is 0 Å². The van der Waals surface area contributed by atoms with Gasteiger partial charge in [0, 0.05) is 12.5 Å². The molecule has 92 valence electrons. The van der Waals surface area contributed by atoms with E-state index in [0.717, 1.165) is 12.8 Å². The molecule has 1 saturated carbocycles. The second-order valence-corrected chi connectivity index (χ2v) is 5.94. The fourth-order valence-corrected chi connectivity index (χ4v) is 1.83. The molecule has 17 heavy (non-hydrogen) atoms. The molecule has 1 amide bonds. The number of amides is 1. The quantitative estimate of drug-likeness (QED) is 0.851. The zero-order valence-corrected chi connectivity index (χ0v) is 10.9. The van der Waals surface area contributed by atoms with Crippen LogP contribution in [0.1, 0.15) is 44.7 Å². The van der Waals surface area contributed by atoms with Crippen molar-refractivity contribution in [1.29, 1.82) is 0 Å². The summed E-state index contributed by atoms with van der Waals surface area (Å²) in [6, 6.07) is 8.47. The molecule has 1 N–H and O–H groups in total. The third-order valence-electron chi connectivity index (χ3n) is 3.21. The summed E-state index contributed by atoms with van der Waals surface area (Å²) < 4.78 is 0. The Balaban J connectivity index is 1.98. The Bertz CT molecular complexity index is 413. The van der Waals surface area contributed by atoms with Crippen LogP contribution in [0.25, 0.3) is 0 Å². The van der Waals surface area contributed by atoms with Gasteiger partial charge in [-0.1, -0.05) is 45.0 Å². The molecule has 1 aromatic rings. The summed E-state index contributed by atoms with van der Waals surface area (Å²) in [4.78, 5) is 11.5. The maximum absolute atomic E-state index is 11.5. The predicted molar refractivity (Wildman–Crippen MR) is 69.7 cm³/mol. The normalized spacial score (nSPS) is 15.7. The third-order valence-corrected chi connectivity index (χ3v) is 3.21. The van der Waals surface area contributed by atoms with Crippen LogP contribution in [0.4, 0.5) is 0 Å². The number of benzene rings is 1. The van der Waals surface area contributed by atoms with Crippen LogP contribution in [0.3, 0.4) is 0 Å². The molecule has 0 heterocycles. The number of hydrogen-bond acceptors (Lipinski definition) is 1. The van der Waals surface area contributed by atoms with E-state index < -0.39 is 0 Å². The minimum Gasteiger partial charge on any atom is -0.352 e. The van der Waals surface area contributed by atoms with Gasteiger partial charge in [-0.2, -0.15) is 0 Å². The van der Waals surface area contributed by atoms with Crippen molar-refractivity contribution in [3.63, 3.8) is 0 Å². The van der Waals surface area contributed by atoms with Crippen LogP contribution in [-0.2, 0) is 16.8 Å². The van der Waals surface area contributed by atoms with Gasteiger partial charge in [0.25, 0.3) is 0 Å². The monoisotopic (exact) mass is 231 g/mol. The number of carbonyl (C=O) groups excluding carboxylic acids is 1. The molecule has 0 spiro atoms. The van der Waals surface area contributed by atoms with E-state index in [0.29, 0.717) is 12.5 Å². The first-order chi connectivity index (χ1) is 7.97. The highest BCUT2D eigenvalue weighted by Gasteiger charge is 2.29. The average molecular weight is 231 g/mol. The second-order valence-electron chi connectivity index (χ2n) is 5.94. The molecule has 0 aliphatic heterocycles. The lowest BCUT2D eigenvalue weighted by Crippen LogP contribution is -2.24. The summed E-state index contributed by atoms with van der Waals surface area (Å²) in [6.45, 7) is 7.26. The summed E-state index contributed by atoms with van der Waals surface area (Å²) in [5.74, 6) is 0.506. The lowest BCUT2D eigenvalue weighted by Gasteiger charge is -2.19. The fraction of sp³-hybridized carbons (Fsp3) is 0.533. The standard InChI is InChI=1S/C15H21NO/c1-15(2,3)13-6-4-5-11(9-13)10-16-14(17)12-7-8-12/h4-6,9,12H,7-8,10H2,1-3H3,(H,16,17). The number of carbonyl (C=O) groups is 1. The highest BCUT2D eigenvalue weighted by molar-refractivity contribution is 5.80. The Kier molecular flexibility index (Phi) is 3.23. The Labute approximate surface area is 103 Å². The molecule has 0 bridgehead atoms. The number of rotatable bonds is 3. The Morgan fingerprint density at radius 1 is 1.35 bits per heavy atom. The molecule has 0 aromatic heterocycles. The number of hydrogen-bond donors (Lipinski definition) is 1. The summed E-state index contributed by atoms with van der Waals surface area (Å²) in [5.41, 5.74) is 2.67. The van der Waals surface area contributed by atoms with Gasteiger partial charge < -0.3 is 5.32 Å². The van der Waals surface area contributed by atoms with Crippen molar-refractivity contribution in [2.75, 3.05) is 0 Å². The molecule has 0 atom stereocenters. The first-order valence-corrected chi connectivity index (χ1v) is 6.34. The molecule has 1 aliphatic rings. The van der Waals surface area contributed by atoms with Gasteiger partial charge in [0.05, 0.1) is 0 Å². The Morgan fingerprint density at radius 2 is 2.06 bits per heavy atom. The van der Waals surface area contributed by atoms with Crippen molar-refractivity contribution < 1.29 is 4.79 Å². The van der Waals surface area contributed by atoms with Crippen LogP contribution >= 0.6 is 0 Å². The van der Waals surface area contributed by atoms with E-state index in [1.807, 2.05) is 0 Å². The summed E-state index contributed by atoms with van der Waals surface area (Å²) in [6.07, 6.45) is 2.13. The van der Waals surface area contributed by atoms with E-state index in [9.17, 15) is 4.79 Å². The van der Waals surface area contributed by atoms with Crippen molar-refractivity contribution in [3.8, 4) is 0 Å². The van der Waals surface area contributed by atoms with E-state index in [4.69, 9.17) is 0 Å². The van der Waals surface area contributed by atoms with Gasteiger partial charge in [-0.3, -0.25) is 4.79 Å². The first-order valence-electron chi connectivity index (χ1n) is 6.34. The fourth-order valence-electron chi connectivity index (χ4n) is 1.83. The van der Waals surface area contributed by atoms with Crippen molar-refractivity contribution in [2.45, 2.75) is 45.6 Å². The van der Waals surface area contributed by atoms with Gasteiger partial charge in [0.15, 0.2) is 0 Å². The summed E-state index contributed by atoms with van der Waals surface area (Å²) in [5, 5.41) is 3.00. The average Bonchev–Trinajstić information content (AvgIpc) is 3.09. The Morgan fingerprint density at radius 3 is 2.65 bits per heavy atom. The molecule has 2 rings (SSSR count). The lowest BCUT2D eigenvalue weighted by molar-refractivity contribution is -0.122. The molecule has 0 saturated heterocycles. The summed E-state index contributed by atoms with van der Waals surface area (Å²) in [7, 11) is 0.